The van der Waals surface area contributed by atoms with Crippen LogP contribution in [0.15, 0.2) is 54.9 Å². The van der Waals surface area contributed by atoms with E-state index in [4.69, 9.17) is 0 Å². The van der Waals surface area contributed by atoms with E-state index >= 15 is 0 Å². The fourth-order valence-electron chi connectivity index (χ4n) is 2.50. The van der Waals surface area contributed by atoms with Gasteiger partial charge in [0.25, 0.3) is 5.91 Å². The van der Waals surface area contributed by atoms with Crippen LogP contribution >= 0.6 is 0 Å². The van der Waals surface area contributed by atoms with Crippen molar-refractivity contribution in [3.63, 3.8) is 0 Å². The second-order valence-electron chi connectivity index (χ2n) is 4.95. The van der Waals surface area contributed by atoms with Crippen molar-refractivity contribution >= 4 is 11.5 Å². The number of amides is 1. The maximum atomic E-state index is 13.8. The van der Waals surface area contributed by atoms with E-state index in [1.54, 1.807) is 41.6 Å². The number of hydrogen-bond acceptors (Lipinski definition) is 2. The van der Waals surface area contributed by atoms with Gasteiger partial charge in [-0.1, -0.05) is 24.3 Å². The smallest absolute Gasteiger partial charge is 0.254 e. The molecule has 0 bridgehead atoms. The summed E-state index contributed by atoms with van der Waals surface area (Å²) in [4.78, 5) is 18.0. The van der Waals surface area contributed by atoms with Crippen LogP contribution in [0.3, 0.4) is 0 Å². The van der Waals surface area contributed by atoms with Crippen LogP contribution in [0.25, 0.3) is 5.57 Å². The number of benzene rings is 1. The lowest BCUT2D eigenvalue weighted by Gasteiger charge is -2.26. The minimum Gasteiger partial charge on any atom is -0.335 e. The van der Waals surface area contributed by atoms with E-state index in [1.165, 1.54) is 6.07 Å². The molecule has 0 unspecified atom stereocenters. The topological polar surface area (TPSA) is 33.2 Å². The Kier molecular flexibility index (Phi) is 3.77. The van der Waals surface area contributed by atoms with E-state index in [0.29, 0.717) is 30.6 Å². The number of hydrogen-bond donors (Lipinski definition) is 0. The first-order valence-corrected chi connectivity index (χ1v) is 6.89. The molecule has 21 heavy (non-hydrogen) atoms. The zero-order chi connectivity index (χ0) is 14.7. The molecule has 0 radical (unpaired) electrons. The van der Waals surface area contributed by atoms with Gasteiger partial charge in [-0.2, -0.15) is 0 Å². The molecule has 106 valence electrons. The van der Waals surface area contributed by atoms with Gasteiger partial charge in [-0.3, -0.25) is 9.78 Å². The molecule has 0 spiro atoms. The number of carbonyl (C=O) groups excluding carboxylic acids is 1. The molecule has 2 heterocycles. The first-order valence-electron chi connectivity index (χ1n) is 6.89. The maximum Gasteiger partial charge on any atom is 0.254 e. The Morgan fingerprint density at radius 1 is 1.14 bits per heavy atom. The number of rotatable bonds is 2. The van der Waals surface area contributed by atoms with E-state index < -0.39 is 0 Å². The second kappa shape index (κ2) is 5.87. The van der Waals surface area contributed by atoms with Gasteiger partial charge in [-0.25, -0.2) is 4.39 Å². The Hall–Kier alpha value is -2.49. The average Bonchev–Trinajstić information content (AvgIpc) is 2.56. The Morgan fingerprint density at radius 2 is 1.90 bits per heavy atom. The molecule has 0 saturated heterocycles. The minimum atomic E-state index is -0.210. The standard InChI is InChI=1S/C17H15FN2O/c18-16-4-2-1-3-15(16)13-7-11-20(12-8-13)17(21)14-5-9-19-10-6-14/h1-7,9-10H,8,11-12H2. The molecule has 0 fully saturated rings. The average molecular weight is 282 g/mol. The van der Waals surface area contributed by atoms with Crippen molar-refractivity contribution < 1.29 is 9.18 Å². The van der Waals surface area contributed by atoms with Crippen LogP contribution in [0.2, 0.25) is 0 Å². The highest BCUT2D eigenvalue weighted by molar-refractivity contribution is 5.94. The molecule has 1 aromatic carbocycles. The third-order valence-electron chi connectivity index (χ3n) is 3.64. The van der Waals surface area contributed by atoms with Crippen LogP contribution in [-0.2, 0) is 0 Å². The molecule has 0 atom stereocenters. The molecule has 1 amide bonds. The van der Waals surface area contributed by atoms with Gasteiger partial charge in [-0.05, 0) is 30.2 Å². The highest BCUT2D eigenvalue weighted by Gasteiger charge is 2.20. The van der Waals surface area contributed by atoms with E-state index in [1.807, 2.05) is 12.1 Å². The van der Waals surface area contributed by atoms with Gasteiger partial charge >= 0.3 is 0 Å². The third-order valence-corrected chi connectivity index (χ3v) is 3.64. The lowest BCUT2D eigenvalue weighted by atomic mass is 9.98. The Labute approximate surface area is 122 Å². The number of carbonyl (C=O) groups is 1. The summed E-state index contributed by atoms with van der Waals surface area (Å²) in [6.07, 6.45) is 5.81. The monoisotopic (exact) mass is 282 g/mol. The summed E-state index contributed by atoms with van der Waals surface area (Å²) in [6, 6.07) is 10.2. The number of pyridine rings is 1. The summed E-state index contributed by atoms with van der Waals surface area (Å²) in [7, 11) is 0. The van der Waals surface area contributed by atoms with Gasteiger partial charge < -0.3 is 4.90 Å². The van der Waals surface area contributed by atoms with Gasteiger partial charge in [0.1, 0.15) is 5.82 Å². The molecular weight excluding hydrogens is 267 g/mol. The molecule has 3 rings (SSSR count). The zero-order valence-electron chi connectivity index (χ0n) is 11.5. The summed E-state index contributed by atoms with van der Waals surface area (Å²) in [6.45, 7) is 1.10. The van der Waals surface area contributed by atoms with E-state index in [-0.39, 0.29) is 11.7 Å². The van der Waals surface area contributed by atoms with E-state index in [0.717, 1.165) is 5.57 Å². The van der Waals surface area contributed by atoms with Gasteiger partial charge in [0.05, 0.1) is 0 Å². The van der Waals surface area contributed by atoms with Crippen molar-refractivity contribution in [2.45, 2.75) is 6.42 Å². The minimum absolute atomic E-state index is 0.0127. The molecule has 1 aliphatic heterocycles. The summed E-state index contributed by atoms with van der Waals surface area (Å²) < 4.78 is 13.8. The van der Waals surface area contributed by atoms with Crippen LogP contribution in [-0.4, -0.2) is 28.9 Å². The van der Waals surface area contributed by atoms with E-state index in [9.17, 15) is 9.18 Å². The van der Waals surface area contributed by atoms with Crippen molar-refractivity contribution in [2.75, 3.05) is 13.1 Å². The highest BCUT2D eigenvalue weighted by Crippen LogP contribution is 2.25. The van der Waals surface area contributed by atoms with Crippen LogP contribution in [0, 0.1) is 5.82 Å². The van der Waals surface area contributed by atoms with Crippen LogP contribution < -0.4 is 0 Å². The zero-order valence-corrected chi connectivity index (χ0v) is 11.5. The van der Waals surface area contributed by atoms with Gasteiger partial charge in [0.2, 0.25) is 0 Å². The molecule has 1 aromatic heterocycles. The first kappa shape index (κ1) is 13.5. The Morgan fingerprint density at radius 3 is 2.57 bits per heavy atom. The molecule has 3 nitrogen and oxygen atoms in total. The number of aromatic nitrogens is 1. The van der Waals surface area contributed by atoms with Crippen LogP contribution in [0.4, 0.5) is 4.39 Å². The van der Waals surface area contributed by atoms with E-state index in [2.05, 4.69) is 4.98 Å². The fraction of sp³-hybridized carbons (Fsp3) is 0.176. The lowest BCUT2D eigenvalue weighted by Crippen LogP contribution is -2.34. The van der Waals surface area contributed by atoms with Crippen LogP contribution in [0.1, 0.15) is 22.3 Å². The molecule has 1 aliphatic rings. The van der Waals surface area contributed by atoms with Gasteiger partial charge in [-0.15, -0.1) is 0 Å². The molecular formula is C17H15FN2O. The van der Waals surface area contributed by atoms with Crippen molar-refractivity contribution in [1.82, 2.24) is 9.88 Å². The number of nitrogens with zero attached hydrogens (tertiary/aromatic N) is 2. The quantitative estimate of drug-likeness (QED) is 0.847. The molecule has 4 heteroatoms. The normalized spacial score (nSPS) is 14.7. The Balaban J connectivity index is 1.75. The predicted octanol–water partition coefficient (Wildman–Crippen LogP) is 3.15. The molecule has 0 aliphatic carbocycles. The highest BCUT2D eigenvalue weighted by atomic mass is 19.1. The SMILES string of the molecule is O=C(c1ccncc1)N1CC=C(c2ccccc2F)CC1. The van der Waals surface area contributed by atoms with Gasteiger partial charge in [0, 0.05) is 36.6 Å². The van der Waals surface area contributed by atoms with Gasteiger partial charge in [0.15, 0.2) is 0 Å². The summed E-state index contributed by atoms with van der Waals surface area (Å²) >= 11 is 0. The van der Waals surface area contributed by atoms with Crippen molar-refractivity contribution in [3.05, 3.63) is 71.8 Å². The lowest BCUT2D eigenvalue weighted by molar-refractivity contribution is 0.0772. The largest absolute Gasteiger partial charge is 0.335 e. The van der Waals surface area contributed by atoms with Crippen molar-refractivity contribution in [2.24, 2.45) is 0 Å². The molecule has 2 aromatic rings. The summed E-state index contributed by atoms with van der Waals surface area (Å²) in [5.74, 6) is -0.223. The second-order valence-corrected chi connectivity index (χ2v) is 4.95. The Bertz CT molecular complexity index is 682. The number of halogens is 1. The predicted molar refractivity (Wildman–Crippen MR) is 79.1 cm³/mol. The molecule has 0 saturated carbocycles. The van der Waals surface area contributed by atoms with Crippen LogP contribution in [0.5, 0.6) is 0 Å². The molecule has 0 N–H and O–H groups in total. The fourth-order valence-corrected chi connectivity index (χ4v) is 2.50. The van der Waals surface area contributed by atoms with Crippen molar-refractivity contribution in [3.8, 4) is 0 Å². The first-order chi connectivity index (χ1) is 10.3. The maximum absolute atomic E-state index is 13.8. The summed E-state index contributed by atoms with van der Waals surface area (Å²) in [5, 5.41) is 0. The summed E-state index contributed by atoms with van der Waals surface area (Å²) in [5.41, 5.74) is 2.23. The van der Waals surface area contributed by atoms with Crippen molar-refractivity contribution in [1.29, 1.82) is 0 Å². The third kappa shape index (κ3) is 2.84.